The first kappa shape index (κ1) is 16.5. The second-order valence-electron chi connectivity index (χ2n) is 4.58. The van der Waals surface area contributed by atoms with Crippen LogP contribution in [0.4, 0.5) is 5.69 Å². The SMILES string of the molecule is CC(NS(=O)(=O)c1ccc(N)c(Br)c1)c1cccc(Br)c1. The second kappa shape index (κ2) is 6.48. The van der Waals surface area contributed by atoms with E-state index < -0.39 is 10.0 Å². The van der Waals surface area contributed by atoms with Gasteiger partial charge in [-0.25, -0.2) is 13.1 Å². The number of nitrogen functional groups attached to an aromatic ring is 1. The van der Waals surface area contributed by atoms with Gasteiger partial charge in [-0.15, -0.1) is 0 Å². The molecule has 1 unspecified atom stereocenters. The second-order valence-corrected chi connectivity index (χ2v) is 8.07. The highest BCUT2D eigenvalue weighted by atomic mass is 79.9. The number of halogens is 2. The minimum atomic E-state index is -3.61. The monoisotopic (exact) mass is 432 g/mol. The van der Waals surface area contributed by atoms with E-state index in [4.69, 9.17) is 5.73 Å². The summed E-state index contributed by atoms with van der Waals surface area (Å²) in [5.74, 6) is 0. The lowest BCUT2D eigenvalue weighted by atomic mass is 10.1. The van der Waals surface area contributed by atoms with Gasteiger partial charge in [-0.1, -0.05) is 28.1 Å². The van der Waals surface area contributed by atoms with E-state index in [1.54, 1.807) is 13.0 Å². The maximum atomic E-state index is 12.4. The van der Waals surface area contributed by atoms with Crippen molar-refractivity contribution >= 4 is 47.6 Å². The molecule has 2 rings (SSSR count). The van der Waals surface area contributed by atoms with Crippen LogP contribution >= 0.6 is 31.9 Å². The van der Waals surface area contributed by atoms with Crippen LogP contribution in [0.2, 0.25) is 0 Å². The van der Waals surface area contributed by atoms with Gasteiger partial charge in [0.15, 0.2) is 0 Å². The van der Waals surface area contributed by atoms with Crippen molar-refractivity contribution in [2.75, 3.05) is 5.73 Å². The topological polar surface area (TPSA) is 72.2 Å². The van der Waals surface area contributed by atoms with Crippen molar-refractivity contribution in [3.63, 3.8) is 0 Å². The van der Waals surface area contributed by atoms with Gasteiger partial charge in [-0.3, -0.25) is 0 Å². The fourth-order valence-electron chi connectivity index (χ4n) is 1.82. The van der Waals surface area contributed by atoms with Crippen molar-refractivity contribution in [1.29, 1.82) is 0 Å². The normalized spacial score (nSPS) is 13.1. The van der Waals surface area contributed by atoms with Crippen LogP contribution in [0.3, 0.4) is 0 Å². The number of benzene rings is 2. The fourth-order valence-corrected chi connectivity index (χ4v) is 4.02. The summed E-state index contributed by atoms with van der Waals surface area (Å²) in [5.41, 5.74) is 7.05. The zero-order valence-corrected chi connectivity index (χ0v) is 15.2. The Kier molecular flexibility index (Phi) is 5.08. The van der Waals surface area contributed by atoms with Crippen LogP contribution in [0, 0.1) is 0 Å². The van der Waals surface area contributed by atoms with Crippen LogP contribution in [0.25, 0.3) is 0 Å². The summed E-state index contributed by atoms with van der Waals surface area (Å²) in [4.78, 5) is 0.172. The highest BCUT2D eigenvalue weighted by molar-refractivity contribution is 9.10. The van der Waals surface area contributed by atoms with Gasteiger partial charge in [0, 0.05) is 20.7 Å². The zero-order chi connectivity index (χ0) is 15.6. The molecule has 1 atom stereocenters. The predicted octanol–water partition coefficient (Wildman–Crippen LogP) is 3.83. The number of anilines is 1. The highest BCUT2D eigenvalue weighted by Crippen LogP contribution is 2.25. The standard InChI is InChI=1S/C14H14Br2N2O2S/c1-9(10-3-2-4-11(15)7-10)18-21(19,20)12-5-6-14(17)13(16)8-12/h2-9,18H,17H2,1H3. The number of nitrogens with two attached hydrogens (primary N) is 1. The predicted molar refractivity (Wildman–Crippen MR) is 91.4 cm³/mol. The highest BCUT2D eigenvalue weighted by Gasteiger charge is 2.19. The number of sulfonamides is 1. The molecule has 112 valence electrons. The Morgan fingerprint density at radius 3 is 2.48 bits per heavy atom. The average molecular weight is 434 g/mol. The summed E-state index contributed by atoms with van der Waals surface area (Å²) in [6.07, 6.45) is 0. The molecule has 0 aliphatic heterocycles. The van der Waals surface area contributed by atoms with Crippen molar-refractivity contribution < 1.29 is 8.42 Å². The summed E-state index contributed by atoms with van der Waals surface area (Å²) < 4.78 is 28.9. The maximum absolute atomic E-state index is 12.4. The molecule has 0 aliphatic rings. The zero-order valence-electron chi connectivity index (χ0n) is 11.2. The third kappa shape index (κ3) is 4.06. The van der Waals surface area contributed by atoms with Gasteiger partial charge >= 0.3 is 0 Å². The molecule has 2 aromatic rings. The third-order valence-corrected chi connectivity index (χ3v) is 5.68. The molecular weight excluding hydrogens is 420 g/mol. The van der Waals surface area contributed by atoms with Crippen LogP contribution in [0.5, 0.6) is 0 Å². The summed E-state index contributed by atoms with van der Waals surface area (Å²) in [7, 11) is -3.61. The van der Waals surface area contributed by atoms with Crippen LogP contribution < -0.4 is 10.5 Å². The summed E-state index contributed by atoms with van der Waals surface area (Å²) in [6.45, 7) is 1.80. The third-order valence-electron chi connectivity index (χ3n) is 2.96. The number of nitrogens with one attached hydrogen (secondary N) is 1. The van der Waals surface area contributed by atoms with E-state index >= 15 is 0 Å². The number of hydrogen-bond donors (Lipinski definition) is 2. The minimum absolute atomic E-state index is 0.172. The van der Waals surface area contributed by atoms with Gasteiger partial charge in [0.2, 0.25) is 10.0 Å². The van der Waals surface area contributed by atoms with Crippen LogP contribution in [-0.4, -0.2) is 8.42 Å². The molecule has 0 bridgehead atoms. The first-order valence-corrected chi connectivity index (χ1v) is 9.19. The van der Waals surface area contributed by atoms with E-state index in [9.17, 15) is 8.42 Å². The quantitative estimate of drug-likeness (QED) is 0.719. The molecule has 4 nitrogen and oxygen atoms in total. The largest absolute Gasteiger partial charge is 0.398 e. The smallest absolute Gasteiger partial charge is 0.241 e. The Balaban J connectivity index is 2.26. The fraction of sp³-hybridized carbons (Fsp3) is 0.143. The molecule has 0 spiro atoms. The lowest BCUT2D eigenvalue weighted by Gasteiger charge is -2.15. The lowest BCUT2D eigenvalue weighted by molar-refractivity contribution is 0.567. The molecule has 0 fully saturated rings. The lowest BCUT2D eigenvalue weighted by Crippen LogP contribution is -2.26. The molecule has 0 saturated heterocycles. The molecule has 21 heavy (non-hydrogen) atoms. The van der Waals surface area contributed by atoms with Crippen LogP contribution in [-0.2, 0) is 10.0 Å². The van der Waals surface area contributed by atoms with Crippen LogP contribution in [0.1, 0.15) is 18.5 Å². The Bertz CT molecular complexity index is 763. The van der Waals surface area contributed by atoms with Crippen molar-refractivity contribution in [2.24, 2.45) is 0 Å². The summed E-state index contributed by atoms with van der Waals surface area (Å²) in [5, 5.41) is 0. The molecule has 7 heteroatoms. The Labute approximate surface area is 141 Å². The Hall–Kier alpha value is -0.890. The summed E-state index contributed by atoms with van der Waals surface area (Å²) >= 11 is 6.61. The van der Waals surface area contributed by atoms with Gasteiger partial charge in [0.25, 0.3) is 0 Å². The minimum Gasteiger partial charge on any atom is -0.398 e. The van der Waals surface area contributed by atoms with Gasteiger partial charge in [-0.05, 0) is 58.7 Å². The van der Waals surface area contributed by atoms with Gasteiger partial charge < -0.3 is 5.73 Å². The van der Waals surface area contributed by atoms with Crippen LogP contribution in [0.15, 0.2) is 56.3 Å². The molecule has 0 saturated carbocycles. The molecule has 0 aliphatic carbocycles. The van der Waals surface area contributed by atoms with Crippen molar-refractivity contribution in [3.8, 4) is 0 Å². The van der Waals surface area contributed by atoms with Gasteiger partial charge in [-0.2, -0.15) is 0 Å². The molecule has 0 amide bonds. The van der Waals surface area contributed by atoms with E-state index in [1.807, 2.05) is 24.3 Å². The number of rotatable bonds is 4. The Morgan fingerprint density at radius 1 is 1.14 bits per heavy atom. The molecule has 3 N–H and O–H groups in total. The van der Waals surface area contributed by atoms with Gasteiger partial charge in [0.1, 0.15) is 0 Å². The molecular formula is C14H14Br2N2O2S. The van der Waals surface area contributed by atoms with Crippen molar-refractivity contribution in [3.05, 3.63) is 57.0 Å². The molecule has 0 aromatic heterocycles. The van der Waals surface area contributed by atoms with E-state index in [0.29, 0.717) is 10.2 Å². The molecule has 0 radical (unpaired) electrons. The van der Waals surface area contributed by atoms with E-state index in [2.05, 4.69) is 36.6 Å². The van der Waals surface area contributed by atoms with E-state index in [0.717, 1.165) is 10.0 Å². The molecule has 0 heterocycles. The molecule has 2 aromatic carbocycles. The average Bonchev–Trinajstić information content (AvgIpc) is 2.41. The van der Waals surface area contributed by atoms with E-state index in [-0.39, 0.29) is 10.9 Å². The van der Waals surface area contributed by atoms with Crippen molar-refractivity contribution in [2.45, 2.75) is 17.9 Å². The Morgan fingerprint density at radius 2 is 1.86 bits per heavy atom. The summed E-state index contributed by atoms with van der Waals surface area (Å²) in [6, 6.07) is 11.7. The maximum Gasteiger partial charge on any atom is 0.241 e. The first-order valence-electron chi connectivity index (χ1n) is 6.12. The van der Waals surface area contributed by atoms with Gasteiger partial charge in [0.05, 0.1) is 4.90 Å². The van der Waals surface area contributed by atoms with E-state index in [1.165, 1.54) is 12.1 Å². The first-order chi connectivity index (χ1) is 9.79. The number of hydrogen-bond acceptors (Lipinski definition) is 3. The van der Waals surface area contributed by atoms with Crippen molar-refractivity contribution in [1.82, 2.24) is 4.72 Å².